The quantitative estimate of drug-likeness (QED) is 0.676. The number of hydrogen-bond acceptors (Lipinski definition) is 5. The van der Waals surface area contributed by atoms with E-state index in [0.29, 0.717) is 40.4 Å². The maximum atomic E-state index is 12.9. The molecular weight excluding hydrogens is 391 g/mol. The van der Waals surface area contributed by atoms with Crippen molar-refractivity contribution < 1.29 is 13.2 Å². The first-order chi connectivity index (χ1) is 11.4. The molecule has 126 valence electrons. The molecule has 0 bridgehead atoms. The van der Waals surface area contributed by atoms with E-state index in [1.54, 1.807) is 12.4 Å². The molecule has 24 heavy (non-hydrogen) atoms. The summed E-state index contributed by atoms with van der Waals surface area (Å²) >= 11 is 3.36. The van der Waals surface area contributed by atoms with E-state index in [0.717, 1.165) is 4.57 Å². The molecule has 1 atom stereocenters. The molecule has 0 aliphatic carbocycles. The van der Waals surface area contributed by atoms with Gasteiger partial charge >= 0.3 is 6.18 Å². The number of anilines is 1. The summed E-state index contributed by atoms with van der Waals surface area (Å²) in [6.07, 6.45) is -0.369. The lowest BCUT2D eigenvalue weighted by atomic mass is 9.97. The maximum absolute atomic E-state index is 12.9. The Hall–Kier alpha value is -2.17. The Morgan fingerprint density at radius 2 is 2.08 bits per heavy atom. The van der Waals surface area contributed by atoms with Crippen LogP contribution < -0.4 is 5.73 Å². The Morgan fingerprint density at radius 3 is 2.83 bits per heavy atom. The molecule has 4 rings (SSSR count). The SMILES string of the molecule is Nc1nccn2c(C3CCn4c(nnc4C(F)(F)F)C3)nc(Br)c12. The molecule has 1 aliphatic heterocycles. The van der Waals surface area contributed by atoms with Gasteiger partial charge in [-0.1, -0.05) is 0 Å². The van der Waals surface area contributed by atoms with E-state index in [4.69, 9.17) is 5.73 Å². The van der Waals surface area contributed by atoms with E-state index in [9.17, 15) is 13.2 Å². The van der Waals surface area contributed by atoms with Crippen molar-refractivity contribution in [3.05, 3.63) is 34.5 Å². The van der Waals surface area contributed by atoms with E-state index in [1.165, 1.54) is 0 Å². The Bertz CT molecular complexity index is 930. The number of alkyl halides is 3. The lowest BCUT2D eigenvalue weighted by molar-refractivity contribution is -0.147. The molecule has 4 heterocycles. The predicted molar refractivity (Wildman–Crippen MR) is 81.2 cm³/mol. The second kappa shape index (κ2) is 5.16. The molecule has 0 fully saturated rings. The predicted octanol–water partition coefficient (Wildman–Crippen LogP) is 2.41. The van der Waals surface area contributed by atoms with Crippen molar-refractivity contribution in [2.45, 2.75) is 31.5 Å². The van der Waals surface area contributed by atoms with Gasteiger partial charge < -0.3 is 10.3 Å². The minimum absolute atomic E-state index is 0.0802. The van der Waals surface area contributed by atoms with Gasteiger partial charge in [-0.25, -0.2) is 9.97 Å². The van der Waals surface area contributed by atoms with Crippen LogP contribution in [0.1, 0.15) is 29.8 Å². The third kappa shape index (κ3) is 2.26. The zero-order valence-electron chi connectivity index (χ0n) is 12.1. The van der Waals surface area contributed by atoms with Gasteiger partial charge in [0.1, 0.15) is 21.8 Å². The highest BCUT2D eigenvalue weighted by Crippen LogP contribution is 2.35. The summed E-state index contributed by atoms with van der Waals surface area (Å²) in [5.41, 5.74) is 6.52. The Morgan fingerprint density at radius 1 is 1.29 bits per heavy atom. The summed E-state index contributed by atoms with van der Waals surface area (Å²) in [5, 5.41) is 7.01. The highest BCUT2D eigenvalue weighted by atomic mass is 79.9. The number of nitrogen functional groups attached to an aromatic ring is 1. The second-order valence-corrected chi connectivity index (χ2v) is 6.32. The summed E-state index contributed by atoms with van der Waals surface area (Å²) in [6, 6.07) is 0. The lowest BCUT2D eigenvalue weighted by Crippen LogP contribution is -2.24. The number of hydrogen-bond donors (Lipinski definition) is 1. The number of halogens is 4. The van der Waals surface area contributed by atoms with Gasteiger partial charge in [-0.15, -0.1) is 10.2 Å². The Balaban J connectivity index is 1.74. The summed E-state index contributed by atoms with van der Waals surface area (Å²) in [6.45, 7) is 0.189. The molecule has 11 heteroatoms. The minimum Gasteiger partial charge on any atom is -0.382 e. The van der Waals surface area contributed by atoms with Crippen molar-refractivity contribution in [3.63, 3.8) is 0 Å². The van der Waals surface area contributed by atoms with Gasteiger partial charge in [-0.2, -0.15) is 13.2 Å². The van der Waals surface area contributed by atoms with Crippen molar-refractivity contribution in [2.24, 2.45) is 0 Å². The van der Waals surface area contributed by atoms with Crippen LogP contribution in [0.4, 0.5) is 19.0 Å². The average molecular weight is 402 g/mol. The average Bonchev–Trinajstić information content (AvgIpc) is 3.08. The number of aromatic nitrogens is 6. The minimum atomic E-state index is -4.50. The summed E-state index contributed by atoms with van der Waals surface area (Å²) in [5.74, 6) is 0.339. The molecule has 0 radical (unpaired) electrons. The maximum Gasteiger partial charge on any atom is 0.451 e. The van der Waals surface area contributed by atoms with Crippen LogP contribution in [0, 0.1) is 0 Å². The van der Waals surface area contributed by atoms with Crippen molar-refractivity contribution in [3.8, 4) is 0 Å². The Kier molecular flexibility index (Phi) is 3.31. The molecule has 0 aromatic carbocycles. The first-order valence-corrected chi connectivity index (χ1v) is 7.92. The van der Waals surface area contributed by atoms with E-state index >= 15 is 0 Å². The number of fused-ring (bicyclic) bond motifs is 2. The topological polar surface area (TPSA) is 86.9 Å². The third-order valence-electron chi connectivity index (χ3n) is 4.14. The van der Waals surface area contributed by atoms with Gasteiger partial charge in [-0.3, -0.25) is 4.40 Å². The highest BCUT2D eigenvalue weighted by molar-refractivity contribution is 9.10. The van der Waals surface area contributed by atoms with Crippen LogP contribution >= 0.6 is 15.9 Å². The molecule has 0 spiro atoms. The number of nitrogens with zero attached hydrogens (tertiary/aromatic N) is 6. The van der Waals surface area contributed by atoms with Crippen LogP contribution in [0.3, 0.4) is 0 Å². The first-order valence-electron chi connectivity index (χ1n) is 7.13. The molecule has 3 aromatic rings. The monoisotopic (exact) mass is 401 g/mol. The molecule has 3 aromatic heterocycles. The zero-order valence-corrected chi connectivity index (χ0v) is 13.7. The molecule has 1 unspecified atom stereocenters. The second-order valence-electron chi connectivity index (χ2n) is 5.57. The fourth-order valence-corrected chi connectivity index (χ4v) is 3.67. The smallest absolute Gasteiger partial charge is 0.382 e. The van der Waals surface area contributed by atoms with E-state index in [2.05, 4.69) is 36.1 Å². The molecule has 0 saturated heterocycles. The van der Waals surface area contributed by atoms with Crippen LogP contribution in [-0.2, 0) is 19.1 Å². The van der Waals surface area contributed by atoms with Gasteiger partial charge in [0, 0.05) is 31.3 Å². The number of imidazole rings is 1. The van der Waals surface area contributed by atoms with E-state index in [-0.39, 0.29) is 12.5 Å². The van der Waals surface area contributed by atoms with Gasteiger partial charge in [0.05, 0.1) is 0 Å². The van der Waals surface area contributed by atoms with Crippen molar-refractivity contribution in [2.75, 3.05) is 5.73 Å². The molecule has 7 nitrogen and oxygen atoms in total. The van der Waals surface area contributed by atoms with Gasteiger partial charge in [0.25, 0.3) is 0 Å². The first kappa shape index (κ1) is 15.4. The largest absolute Gasteiger partial charge is 0.451 e. The van der Waals surface area contributed by atoms with Crippen LogP contribution in [0.15, 0.2) is 17.0 Å². The van der Waals surface area contributed by atoms with E-state index in [1.807, 2.05) is 4.40 Å². The summed E-state index contributed by atoms with van der Waals surface area (Å²) in [4.78, 5) is 8.51. The van der Waals surface area contributed by atoms with Crippen molar-refractivity contribution in [1.82, 2.24) is 29.1 Å². The highest BCUT2D eigenvalue weighted by Gasteiger charge is 2.40. The summed E-state index contributed by atoms with van der Waals surface area (Å²) in [7, 11) is 0. The molecule has 0 amide bonds. The van der Waals surface area contributed by atoms with Crippen LogP contribution in [0.2, 0.25) is 0 Å². The Labute approximate surface area is 141 Å². The van der Waals surface area contributed by atoms with Gasteiger partial charge in [-0.05, 0) is 22.4 Å². The van der Waals surface area contributed by atoms with Crippen LogP contribution in [-0.4, -0.2) is 29.1 Å². The van der Waals surface area contributed by atoms with Gasteiger partial charge in [0.15, 0.2) is 5.82 Å². The lowest BCUT2D eigenvalue weighted by Gasteiger charge is -2.23. The number of nitrogens with two attached hydrogens (primary N) is 1. The standard InChI is InChI=1S/C13H11BrF3N7/c14-9-8-10(18)19-2-4-24(8)11(20-9)6-1-3-23-7(5-6)21-22-12(23)13(15,16)17/h2,4,6H,1,3,5H2,(H2,18,19). The van der Waals surface area contributed by atoms with Gasteiger partial charge in [0.2, 0.25) is 5.82 Å². The van der Waals surface area contributed by atoms with Crippen LogP contribution in [0.25, 0.3) is 5.52 Å². The summed E-state index contributed by atoms with van der Waals surface area (Å²) < 4.78 is 42.3. The third-order valence-corrected chi connectivity index (χ3v) is 4.70. The fraction of sp³-hybridized carbons (Fsp3) is 0.385. The zero-order chi connectivity index (χ0) is 17.1. The molecular formula is C13H11BrF3N7. The van der Waals surface area contributed by atoms with Crippen LogP contribution in [0.5, 0.6) is 0 Å². The van der Waals surface area contributed by atoms with Crippen molar-refractivity contribution >= 4 is 27.3 Å². The molecule has 2 N–H and O–H groups in total. The van der Waals surface area contributed by atoms with Crippen molar-refractivity contribution in [1.29, 1.82) is 0 Å². The molecule has 1 aliphatic rings. The number of rotatable bonds is 1. The molecule has 0 saturated carbocycles. The normalized spacial score (nSPS) is 18.1. The fourth-order valence-electron chi connectivity index (χ4n) is 3.09. The van der Waals surface area contributed by atoms with E-state index < -0.39 is 12.0 Å².